The number of alkyl halides is 1. The summed E-state index contributed by atoms with van der Waals surface area (Å²) in [6.07, 6.45) is 1.99. The molecule has 0 radical (unpaired) electrons. The number of nitrogens with zero attached hydrogens (tertiary/aromatic N) is 4. The minimum absolute atomic E-state index is 0.384. The van der Waals surface area contributed by atoms with Crippen molar-refractivity contribution in [2.75, 3.05) is 0 Å². The highest BCUT2D eigenvalue weighted by molar-refractivity contribution is 6.17. The van der Waals surface area contributed by atoms with Crippen molar-refractivity contribution in [3.05, 3.63) is 41.9 Å². The minimum atomic E-state index is 0.384. The van der Waals surface area contributed by atoms with Crippen molar-refractivity contribution in [2.24, 2.45) is 7.05 Å². The van der Waals surface area contributed by atoms with Crippen molar-refractivity contribution in [2.45, 2.75) is 25.6 Å². The zero-order chi connectivity index (χ0) is 14.1. The summed E-state index contributed by atoms with van der Waals surface area (Å²) in [5, 5.41) is 4.59. The van der Waals surface area contributed by atoms with Crippen LogP contribution in [0.25, 0.3) is 16.9 Å². The number of imidazole rings is 1. The van der Waals surface area contributed by atoms with Crippen LogP contribution in [0, 0.1) is 0 Å². The molecular formula is C15H17ClN4. The highest BCUT2D eigenvalue weighted by Crippen LogP contribution is 2.25. The van der Waals surface area contributed by atoms with Crippen LogP contribution in [0.1, 0.15) is 24.9 Å². The molecule has 0 spiro atoms. The highest BCUT2D eigenvalue weighted by atomic mass is 35.5. The SMILES string of the molecule is CCCc1nn(C)c2c1nc(CCl)n2-c1ccccc1. The fraction of sp³-hybridized carbons (Fsp3) is 0.333. The Kier molecular flexibility index (Phi) is 3.49. The first kappa shape index (κ1) is 13.2. The second-order valence-electron chi connectivity index (χ2n) is 4.83. The second kappa shape index (κ2) is 5.29. The van der Waals surface area contributed by atoms with E-state index in [1.807, 2.05) is 29.9 Å². The topological polar surface area (TPSA) is 35.6 Å². The molecule has 1 aromatic carbocycles. The number of hydrogen-bond donors (Lipinski definition) is 0. The fourth-order valence-corrected chi connectivity index (χ4v) is 2.75. The molecule has 2 heterocycles. The molecule has 3 aromatic rings. The summed E-state index contributed by atoms with van der Waals surface area (Å²) >= 11 is 6.08. The van der Waals surface area contributed by atoms with Gasteiger partial charge < -0.3 is 0 Å². The molecule has 0 aliphatic heterocycles. The smallest absolute Gasteiger partial charge is 0.163 e. The Morgan fingerprint density at radius 2 is 1.95 bits per heavy atom. The first-order valence-corrected chi connectivity index (χ1v) is 7.34. The largest absolute Gasteiger partial charge is 0.280 e. The Balaban J connectivity index is 2.30. The molecule has 5 heteroatoms. The average Bonchev–Trinajstić information content (AvgIpc) is 2.99. The lowest BCUT2D eigenvalue weighted by Gasteiger charge is -2.07. The maximum absolute atomic E-state index is 6.08. The van der Waals surface area contributed by atoms with Gasteiger partial charge in [0.2, 0.25) is 0 Å². The number of para-hydroxylation sites is 1. The van der Waals surface area contributed by atoms with Gasteiger partial charge >= 0.3 is 0 Å². The van der Waals surface area contributed by atoms with Crippen LogP contribution in [0.4, 0.5) is 0 Å². The predicted octanol–water partition coefficient (Wildman–Crippen LogP) is 3.45. The molecule has 0 fully saturated rings. The minimum Gasteiger partial charge on any atom is -0.280 e. The van der Waals surface area contributed by atoms with Crippen molar-refractivity contribution < 1.29 is 0 Å². The van der Waals surface area contributed by atoms with E-state index in [-0.39, 0.29) is 0 Å². The Morgan fingerprint density at radius 3 is 2.60 bits per heavy atom. The number of halogens is 1. The van der Waals surface area contributed by atoms with Crippen molar-refractivity contribution in [3.8, 4) is 5.69 Å². The van der Waals surface area contributed by atoms with Crippen molar-refractivity contribution in [1.82, 2.24) is 19.3 Å². The van der Waals surface area contributed by atoms with E-state index in [1.54, 1.807) is 0 Å². The average molecular weight is 289 g/mol. The molecule has 0 unspecified atom stereocenters. The van der Waals surface area contributed by atoms with Gasteiger partial charge in [-0.2, -0.15) is 5.10 Å². The monoisotopic (exact) mass is 288 g/mol. The second-order valence-corrected chi connectivity index (χ2v) is 5.09. The summed E-state index contributed by atoms with van der Waals surface area (Å²) in [6.45, 7) is 2.15. The standard InChI is InChI=1S/C15H17ClN4/c1-3-7-12-14-15(19(2)18-12)20(13(10-16)17-14)11-8-5-4-6-9-11/h4-6,8-9H,3,7,10H2,1-2H3. The van der Waals surface area contributed by atoms with E-state index in [2.05, 4.69) is 28.7 Å². The summed E-state index contributed by atoms with van der Waals surface area (Å²) in [7, 11) is 1.96. The third-order valence-corrected chi connectivity index (χ3v) is 3.63. The number of rotatable bonds is 4. The molecule has 0 aliphatic rings. The quantitative estimate of drug-likeness (QED) is 0.689. The molecule has 3 rings (SSSR count). The molecule has 0 saturated carbocycles. The molecule has 0 saturated heterocycles. The third-order valence-electron chi connectivity index (χ3n) is 3.39. The highest BCUT2D eigenvalue weighted by Gasteiger charge is 2.19. The van der Waals surface area contributed by atoms with E-state index in [4.69, 9.17) is 16.6 Å². The molecular weight excluding hydrogens is 272 g/mol. The van der Waals surface area contributed by atoms with Gasteiger partial charge in [0.15, 0.2) is 5.65 Å². The first-order valence-electron chi connectivity index (χ1n) is 6.80. The molecule has 0 bridgehead atoms. The summed E-state index contributed by atoms with van der Waals surface area (Å²) < 4.78 is 3.99. The van der Waals surface area contributed by atoms with E-state index in [0.717, 1.165) is 41.2 Å². The van der Waals surface area contributed by atoms with Gasteiger partial charge in [0.05, 0.1) is 11.6 Å². The van der Waals surface area contributed by atoms with Gasteiger partial charge in [-0.1, -0.05) is 31.5 Å². The molecule has 0 atom stereocenters. The lowest BCUT2D eigenvalue weighted by atomic mass is 10.2. The van der Waals surface area contributed by atoms with Gasteiger partial charge in [0.1, 0.15) is 11.3 Å². The molecule has 4 nitrogen and oxygen atoms in total. The fourth-order valence-electron chi connectivity index (χ4n) is 2.57. The zero-order valence-electron chi connectivity index (χ0n) is 11.7. The molecule has 20 heavy (non-hydrogen) atoms. The van der Waals surface area contributed by atoms with Crippen LogP contribution >= 0.6 is 11.6 Å². The maximum Gasteiger partial charge on any atom is 0.163 e. The van der Waals surface area contributed by atoms with Crippen LogP contribution in [0.3, 0.4) is 0 Å². The van der Waals surface area contributed by atoms with Gasteiger partial charge in [0.25, 0.3) is 0 Å². The number of hydrogen-bond acceptors (Lipinski definition) is 2. The lowest BCUT2D eigenvalue weighted by Crippen LogP contribution is -2.04. The van der Waals surface area contributed by atoms with Crippen molar-refractivity contribution in [3.63, 3.8) is 0 Å². The molecule has 104 valence electrons. The number of fused-ring (bicyclic) bond motifs is 1. The third kappa shape index (κ3) is 2.00. The van der Waals surface area contributed by atoms with Gasteiger partial charge in [0, 0.05) is 12.7 Å². The van der Waals surface area contributed by atoms with Crippen LogP contribution in [0.15, 0.2) is 30.3 Å². The number of aryl methyl sites for hydroxylation is 2. The van der Waals surface area contributed by atoms with Crippen LogP contribution in [0.5, 0.6) is 0 Å². The maximum atomic E-state index is 6.08. The van der Waals surface area contributed by atoms with Gasteiger partial charge in [-0.05, 0) is 18.6 Å². The van der Waals surface area contributed by atoms with Crippen LogP contribution in [-0.2, 0) is 19.3 Å². The number of benzene rings is 1. The van der Waals surface area contributed by atoms with Crippen molar-refractivity contribution >= 4 is 22.8 Å². The molecule has 0 aliphatic carbocycles. The Hall–Kier alpha value is -1.81. The van der Waals surface area contributed by atoms with Gasteiger partial charge in [-0.15, -0.1) is 11.6 Å². The summed E-state index contributed by atoms with van der Waals surface area (Å²) in [4.78, 5) is 4.69. The van der Waals surface area contributed by atoms with Crippen molar-refractivity contribution in [1.29, 1.82) is 0 Å². The summed E-state index contributed by atoms with van der Waals surface area (Å²) in [5.74, 6) is 1.24. The lowest BCUT2D eigenvalue weighted by molar-refractivity contribution is 0.732. The van der Waals surface area contributed by atoms with Crippen LogP contribution in [0.2, 0.25) is 0 Å². The molecule has 0 N–H and O–H groups in total. The van der Waals surface area contributed by atoms with Crippen LogP contribution in [-0.4, -0.2) is 19.3 Å². The van der Waals surface area contributed by atoms with Gasteiger partial charge in [-0.3, -0.25) is 4.57 Å². The van der Waals surface area contributed by atoms with Crippen LogP contribution < -0.4 is 0 Å². The van der Waals surface area contributed by atoms with E-state index in [9.17, 15) is 0 Å². The van der Waals surface area contributed by atoms with E-state index in [0.29, 0.717) is 5.88 Å². The summed E-state index contributed by atoms with van der Waals surface area (Å²) in [6, 6.07) is 10.2. The Bertz CT molecular complexity index is 727. The zero-order valence-corrected chi connectivity index (χ0v) is 12.4. The van der Waals surface area contributed by atoms with E-state index >= 15 is 0 Å². The summed E-state index contributed by atoms with van der Waals surface area (Å²) in [5.41, 5.74) is 4.09. The molecule has 2 aromatic heterocycles. The number of aromatic nitrogens is 4. The Morgan fingerprint density at radius 1 is 1.20 bits per heavy atom. The van der Waals surface area contributed by atoms with E-state index in [1.165, 1.54) is 0 Å². The molecule has 0 amide bonds. The first-order chi connectivity index (χ1) is 9.76. The normalized spacial score (nSPS) is 11.3. The predicted molar refractivity (Wildman–Crippen MR) is 81.4 cm³/mol. The van der Waals surface area contributed by atoms with Gasteiger partial charge in [-0.25, -0.2) is 9.67 Å². The van der Waals surface area contributed by atoms with E-state index < -0.39 is 0 Å². The Labute approximate surface area is 123 Å².